The number of aliphatic hydroxyl groups excluding tert-OH is 1. The molecule has 0 radical (unpaired) electrons. The first kappa shape index (κ1) is 20.6. The van der Waals surface area contributed by atoms with Gasteiger partial charge in [0, 0.05) is 18.7 Å². The Morgan fingerprint density at radius 3 is 2.54 bits per heavy atom. The number of carbonyl (C=O) groups is 2. The first-order valence-corrected chi connectivity index (χ1v) is 9.72. The molecular weight excluding hydrogens is 334 g/mol. The second-order valence-electron chi connectivity index (χ2n) is 7.63. The van der Waals surface area contributed by atoms with Crippen LogP contribution in [0.1, 0.15) is 58.3 Å². The van der Waals surface area contributed by atoms with E-state index in [4.69, 9.17) is 5.11 Å². The number of hydrogen-bond acceptors (Lipinski definition) is 5. The summed E-state index contributed by atoms with van der Waals surface area (Å²) in [6.07, 6.45) is 9.40. The standard InChI is InChI=1S/C19H31N3O4/c1-13-4-2-3-5-15(13)21-22-16-12-14(6-7-17(16)23)10-11-20-18(24)8-9-19(25)26/h8-9,13-17,23H,2-7,10-12H2,1H3,(H,20,24)(H,25,26)/b9-8-,22-21?. The van der Waals surface area contributed by atoms with E-state index < -0.39 is 18.0 Å². The minimum absolute atomic E-state index is 0.148. The van der Waals surface area contributed by atoms with E-state index in [1.807, 2.05) is 0 Å². The molecule has 2 saturated carbocycles. The number of carboxylic acid groups (broad SMARTS) is 1. The second kappa shape index (κ2) is 10.4. The number of rotatable bonds is 7. The zero-order chi connectivity index (χ0) is 18.9. The first-order chi connectivity index (χ1) is 12.5. The molecule has 0 aromatic carbocycles. The van der Waals surface area contributed by atoms with Crippen molar-refractivity contribution in [3.63, 3.8) is 0 Å². The van der Waals surface area contributed by atoms with Gasteiger partial charge in [-0.15, -0.1) is 0 Å². The van der Waals surface area contributed by atoms with Gasteiger partial charge in [0.05, 0.1) is 18.2 Å². The smallest absolute Gasteiger partial charge is 0.328 e. The molecule has 2 aliphatic carbocycles. The molecule has 5 unspecified atom stereocenters. The van der Waals surface area contributed by atoms with E-state index in [-0.39, 0.29) is 12.1 Å². The number of nitrogens with zero attached hydrogens (tertiary/aromatic N) is 2. The minimum atomic E-state index is -1.14. The van der Waals surface area contributed by atoms with E-state index in [0.717, 1.165) is 37.8 Å². The Bertz CT molecular complexity index is 535. The Labute approximate surface area is 155 Å². The van der Waals surface area contributed by atoms with Gasteiger partial charge in [-0.2, -0.15) is 10.2 Å². The van der Waals surface area contributed by atoms with Crippen molar-refractivity contribution in [2.24, 2.45) is 22.1 Å². The Kier molecular flexibility index (Phi) is 8.22. The lowest BCUT2D eigenvalue weighted by molar-refractivity contribution is -0.131. The average molecular weight is 365 g/mol. The second-order valence-corrected chi connectivity index (χ2v) is 7.63. The van der Waals surface area contributed by atoms with Gasteiger partial charge < -0.3 is 15.5 Å². The molecule has 0 aromatic heterocycles. The summed E-state index contributed by atoms with van der Waals surface area (Å²) in [6.45, 7) is 2.72. The Hall–Kier alpha value is -1.76. The van der Waals surface area contributed by atoms with Crippen molar-refractivity contribution in [2.45, 2.75) is 76.5 Å². The third-order valence-corrected chi connectivity index (χ3v) is 5.55. The summed E-state index contributed by atoms with van der Waals surface area (Å²) in [7, 11) is 0. The summed E-state index contributed by atoms with van der Waals surface area (Å²) in [5.41, 5.74) is 0. The van der Waals surface area contributed by atoms with Crippen molar-refractivity contribution in [1.82, 2.24) is 5.32 Å². The topological polar surface area (TPSA) is 111 Å². The van der Waals surface area contributed by atoms with Crippen LogP contribution in [-0.4, -0.2) is 46.8 Å². The van der Waals surface area contributed by atoms with Gasteiger partial charge >= 0.3 is 5.97 Å². The highest BCUT2D eigenvalue weighted by molar-refractivity contribution is 5.93. The fourth-order valence-corrected chi connectivity index (χ4v) is 3.85. The highest BCUT2D eigenvalue weighted by Crippen LogP contribution is 2.31. The molecule has 2 fully saturated rings. The predicted octanol–water partition coefficient (Wildman–Crippen LogP) is 2.69. The molecule has 7 heteroatoms. The minimum Gasteiger partial charge on any atom is -0.478 e. The highest BCUT2D eigenvalue weighted by atomic mass is 16.4. The van der Waals surface area contributed by atoms with Crippen molar-refractivity contribution in [3.05, 3.63) is 12.2 Å². The summed E-state index contributed by atoms with van der Waals surface area (Å²) in [6, 6.07) is 0.141. The summed E-state index contributed by atoms with van der Waals surface area (Å²) in [4.78, 5) is 21.9. The van der Waals surface area contributed by atoms with E-state index in [1.54, 1.807) is 0 Å². The summed E-state index contributed by atoms with van der Waals surface area (Å²) >= 11 is 0. The fraction of sp³-hybridized carbons (Fsp3) is 0.789. The van der Waals surface area contributed by atoms with Crippen molar-refractivity contribution < 1.29 is 19.8 Å². The van der Waals surface area contributed by atoms with E-state index in [2.05, 4.69) is 22.5 Å². The predicted molar refractivity (Wildman–Crippen MR) is 97.8 cm³/mol. The fourth-order valence-electron chi connectivity index (χ4n) is 3.85. The molecule has 0 bridgehead atoms. The number of aliphatic hydroxyl groups is 1. The number of amides is 1. The van der Waals surface area contributed by atoms with Crippen LogP contribution in [0.4, 0.5) is 0 Å². The maximum Gasteiger partial charge on any atom is 0.328 e. The van der Waals surface area contributed by atoms with Gasteiger partial charge in [-0.1, -0.05) is 19.8 Å². The van der Waals surface area contributed by atoms with Crippen LogP contribution in [0, 0.1) is 11.8 Å². The molecule has 0 saturated heterocycles. The van der Waals surface area contributed by atoms with Crippen molar-refractivity contribution >= 4 is 11.9 Å². The van der Waals surface area contributed by atoms with Gasteiger partial charge in [0.1, 0.15) is 0 Å². The van der Waals surface area contributed by atoms with Crippen LogP contribution in [0.5, 0.6) is 0 Å². The lowest BCUT2D eigenvalue weighted by atomic mass is 9.82. The molecule has 5 atom stereocenters. The molecule has 146 valence electrons. The summed E-state index contributed by atoms with van der Waals surface area (Å²) in [5, 5.41) is 30.5. The molecule has 0 heterocycles. The highest BCUT2D eigenvalue weighted by Gasteiger charge is 2.30. The van der Waals surface area contributed by atoms with E-state index >= 15 is 0 Å². The molecule has 7 nitrogen and oxygen atoms in total. The number of carbonyl (C=O) groups excluding carboxylic acids is 1. The Balaban J connectivity index is 1.76. The van der Waals surface area contributed by atoms with Crippen LogP contribution in [0.3, 0.4) is 0 Å². The van der Waals surface area contributed by atoms with E-state index in [1.165, 1.54) is 19.3 Å². The zero-order valence-electron chi connectivity index (χ0n) is 15.5. The van der Waals surface area contributed by atoms with Gasteiger partial charge in [-0.25, -0.2) is 4.79 Å². The maximum absolute atomic E-state index is 11.5. The average Bonchev–Trinajstić information content (AvgIpc) is 2.61. The van der Waals surface area contributed by atoms with Crippen molar-refractivity contribution in [3.8, 4) is 0 Å². The van der Waals surface area contributed by atoms with Crippen molar-refractivity contribution in [1.29, 1.82) is 0 Å². The summed E-state index contributed by atoms with van der Waals surface area (Å²) < 4.78 is 0. The molecule has 1 amide bonds. The lowest BCUT2D eigenvalue weighted by Gasteiger charge is -2.31. The van der Waals surface area contributed by atoms with Crippen LogP contribution < -0.4 is 5.32 Å². The molecule has 3 N–H and O–H groups in total. The van der Waals surface area contributed by atoms with Crippen LogP contribution >= 0.6 is 0 Å². The number of carboxylic acids is 1. The molecule has 2 aliphatic rings. The number of azo groups is 1. The summed E-state index contributed by atoms with van der Waals surface area (Å²) in [5.74, 6) is -0.583. The zero-order valence-corrected chi connectivity index (χ0v) is 15.5. The van der Waals surface area contributed by atoms with Crippen LogP contribution in [0.25, 0.3) is 0 Å². The van der Waals surface area contributed by atoms with Gasteiger partial charge in [0.2, 0.25) is 5.91 Å². The monoisotopic (exact) mass is 365 g/mol. The maximum atomic E-state index is 11.5. The third kappa shape index (κ3) is 6.86. The third-order valence-electron chi connectivity index (χ3n) is 5.55. The van der Waals surface area contributed by atoms with Crippen LogP contribution in [-0.2, 0) is 9.59 Å². The number of nitrogens with one attached hydrogen (secondary N) is 1. The molecule has 0 aromatic rings. The number of aliphatic carboxylic acids is 1. The largest absolute Gasteiger partial charge is 0.478 e. The molecule has 0 spiro atoms. The molecule has 0 aliphatic heterocycles. The molecule has 26 heavy (non-hydrogen) atoms. The Morgan fingerprint density at radius 2 is 1.81 bits per heavy atom. The Morgan fingerprint density at radius 1 is 1.08 bits per heavy atom. The van der Waals surface area contributed by atoms with E-state index in [0.29, 0.717) is 24.8 Å². The number of hydrogen-bond donors (Lipinski definition) is 3. The van der Waals surface area contributed by atoms with Gasteiger partial charge in [-0.3, -0.25) is 4.79 Å². The quantitative estimate of drug-likeness (QED) is 0.476. The van der Waals surface area contributed by atoms with Crippen LogP contribution in [0.2, 0.25) is 0 Å². The molecule has 2 rings (SSSR count). The van der Waals surface area contributed by atoms with Crippen molar-refractivity contribution in [2.75, 3.05) is 6.54 Å². The van der Waals surface area contributed by atoms with Crippen LogP contribution in [0.15, 0.2) is 22.4 Å². The van der Waals surface area contributed by atoms with Gasteiger partial charge in [-0.05, 0) is 50.4 Å². The normalized spacial score (nSPS) is 32.8. The van der Waals surface area contributed by atoms with Gasteiger partial charge in [0.25, 0.3) is 0 Å². The lowest BCUT2D eigenvalue weighted by Crippen LogP contribution is -2.34. The molecular formula is C19H31N3O4. The van der Waals surface area contributed by atoms with E-state index in [9.17, 15) is 14.7 Å². The SMILES string of the molecule is CC1CCCCC1N=NC1CC(CCNC(=O)/C=C\C(=O)O)CCC1O. The first-order valence-electron chi connectivity index (χ1n) is 9.72. The van der Waals surface area contributed by atoms with Gasteiger partial charge in [0.15, 0.2) is 0 Å².